The molecular weight excluding hydrogens is 349 g/mol. The van der Waals surface area contributed by atoms with Crippen molar-refractivity contribution in [3.63, 3.8) is 0 Å². The van der Waals surface area contributed by atoms with E-state index >= 15 is 0 Å². The van der Waals surface area contributed by atoms with Crippen molar-refractivity contribution in [3.05, 3.63) is 0 Å². The van der Waals surface area contributed by atoms with Gasteiger partial charge >= 0.3 is 87.5 Å². The summed E-state index contributed by atoms with van der Waals surface area (Å²) in [4.78, 5) is 0. The van der Waals surface area contributed by atoms with Crippen molar-refractivity contribution in [2.45, 2.75) is 45.3 Å². The molecule has 61 valence electrons. The summed E-state index contributed by atoms with van der Waals surface area (Å²) in [6.07, 6.45) is 7.78. The maximum atomic E-state index is 6.95. The van der Waals surface area contributed by atoms with E-state index < -0.39 is 0 Å². The van der Waals surface area contributed by atoms with E-state index in [4.69, 9.17) is 1.37 Å². The van der Waals surface area contributed by atoms with Crippen LogP contribution in [0.5, 0.6) is 0 Å². The van der Waals surface area contributed by atoms with Gasteiger partial charge in [0.1, 0.15) is 0 Å². The van der Waals surface area contributed by atoms with Crippen LogP contribution in [0.1, 0.15) is 40.4 Å². The number of halogens is 2. The van der Waals surface area contributed by atoms with Crippen LogP contribution < -0.4 is 17.0 Å². The molecule has 1 radical (unpaired) electrons. The molecule has 0 unspecified atom stereocenters. The van der Waals surface area contributed by atoms with Gasteiger partial charge in [-0.25, -0.2) is 0 Å². The Morgan fingerprint density at radius 2 is 2.20 bits per heavy atom. The van der Waals surface area contributed by atoms with Crippen molar-refractivity contribution in [1.29, 1.82) is 0 Å². The van der Waals surface area contributed by atoms with E-state index in [2.05, 4.69) is 23.8 Å². The fourth-order valence-electron chi connectivity index (χ4n) is 0.793. The van der Waals surface area contributed by atoms with E-state index in [1.807, 2.05) is 0 Å². The van der Waals surface area contributed by atoms with Crippen LogP contribution in [0.15, 0.2) is 0 Å². The van der Waals surface area contributed by atoms with Gasteiger partial charge in [0, 0.05) is 0 Å². The molecule has 0 aliphatic rings. The minimum absolute atomic E-state index is 0.393. The van der Waals surface area contributed by atoms with Crippen LogP contribution in [0, 0.1) is 0 Å². The van der Waals surface area contributed by atoms with Crippen molar-refractivity contribution in [1.82, 2.24) is 0 Å². The first-order valence-electron chi connectivity index (χ1n) is 4.48. The summed E-state index contributed by atoms with van der Waals surface area (Å²) in [6.45, 7) is 0.616. The summed E-state index contributed by atoms with van der Waals surface area (Å²) in [5.41, 5.74) is 0. The summed E-state index contributed by atoms with van der Waals surface area (Å²) < 4.78 is 6.95. The molecule has 0 rings (SSSR count). The van der Waals surface area contributed by atoms with Crippen LogP contribution in [-0.2, 0) is 0 Å². The van der Waals surface area contributed by atoms with Crippen LogP contribution in [0.2, 0.25) is 6.32 Å². The molecule has 0 nitrogen and oxygen atoms in total. The summed E-state index contributed by atoms with van der Waals surface area (Å²) in [5, 5.41) is 2.45. The standard InChI is InChI=1S/C7H15BI2/c1-2-3-4-5-6-7-8-10-9/h2-7H2,1H3/q-1/i1D. The first-order valence-corrected chi connectivity index (χ1v) is 11.3. The normalized spacial score (nSPS) is 11.5. The Labute approximate surface area is 86.7 Å². The molecule has 0 atom stereocenters. The molecule has 0 bridgehead atoms. The number of hydrogen-bond donors (Lipinski definition) is 0. The Kier molecular flexibility index (Phi) is 10.1. The molecule has 0 saturated carbocycles. The zero-order chi connectivity index (χ0) is 8.36. The molecule has 0 aliphatic heterocycles. The van der Waals surface area contributed by atoms with Gasteiger partial charge in [0.15, 0.2) is 0 Å². The molecule has 10 heavy (non-hydrogen) atoms. The number of hydrogen-bond acceptors (Lipinski definition) is 0. The van der Waals surface area contributed by atoms with Crippen molar-refractivity contribution < 1.29 is 18.4 Å². The van der Waals surface area contributed by atoms with Gasteiger partial charge in [-0.05, 0) is 0 Å². The van der Waals surface area contributed by atoms with Crippen LogP contribution in [0.3, 0.4) is 0 Å². The van der Waals surface area contributed by atoms with E-state index in [1.165, 1.54) is 32.0 Å². The number of rotatable bonds is 7. The van der Waals surface area contributed by atoms with Crippen molar-refractivity contribution in [3.8, 4) is 0 Å². The second kappa shape index (κ2) is 10.5. The molecule has 0 aromatic rings. The Morgan fingerprint density at radius 3 is 2.90 bits per heavy atom. The van der Waals surface area contributed by atoms with Gasteiger partial charge in [-0.15, -0.1) is 0 Å². The van der Waals surface area contributed by atoms with E-state index in [-0.39, 0.29) is 0 Å². The van der Waals surface area contributed by atoms with Gasteiger partial charge in [-0.3, -0.25) is 0 Å². The van der Waals surface area contributed by atoms with Gasteiger partial charge in [-0.2, -0.15) is 0 Å². The molecule has 0 heterocycles. The second-order valence-electron chi connectivity index (χ2n) is 2.29. The topological polar surface area (TPSA) is 0 Å². The molecule has 3 heteroatoms. The summed E-state index contributed by atoms with van der Waals surface area (Å²) >= 11 is 2.88. The Morgan fingerprint density at radius 1 is 1.40 bits per heavy atom. The predicted molar refractivity (Wildman–Crippen MR) is 53.3 cm³/mol. The molecule has 0 N–H and O–H groups in total. The van der Waals surface area contributed by atoms with Crippen LogP contribution in [0.4, 0.5) is 0 Å². The Bertz CT molecular complexity index is 65.5. The van der Waals surface area contributed by atoms with Crippen molar-refractivity contribution >= 4 is 23.8 Å². The van der Waals surface area contributed by atoms with Gasteiger partial charge in [-0.1, -0.05) is 0 Å². The molecule has 0 saturated heterocycles. The second-order valence-corrected chi connectivity index (χ2v) is 6.80. The third kappa shape index (κ3) is 9.52. The van der Waals surface area contributed by atoms with E-state index in [9.17, 15) is 0 Å². The molecule has 0 fully saturated rings. The maximum absolute atomic E-state index is 6.95. The Balaban J connectivity index is 2.69. The quantitative estimate of drug-likeness (QED) is 0.349. The summed E-state index contributed by atoms with van der Waals surface area (Å²) in [7, 11) is 0. The van der Waals surface area contributed by atoms with Gasteiger partial charge < -0.3 is 0 Å². The third-order valence-electron chi connectivity index (χ3n) is 1.37. The van der Waals surface area contributed by atoms with Crippen molar-refractivity contribution in [2.24, 2.45) is 0 Å². The molecule has 0 aliphatic carbocycles. The molecule has 0 amide bonds. The molecular formula is C7H15BI2-. The summed E-state index contributed by atoms with van der Waals surface area (Å²) in [6, 6.07) is 0. The van der Waals surface area contributed by atoms with Crippen LogP contribution >= 0.6 is 18.6 Å². The zero-order valence-electron chi connectivity index (χ0n) is 7.28. The first kappa shape index (κ1) is 9.61. The van der Waals surface area contributed by atoms with Gasteiger partial charge in [0.25, 0.3) is 0 Å². The predicted octanol–water partition coefficient (Wildman–Crippen LogP) is 0.433. The van der Waals surface area contributed by atoms with E-state index in [0.29, 0.717) is 23.9 Å². The Hall–Kier alpha value is 1.52. The van der Waals surface area contributed by atoms with Gasteiger partial charge in [0.05, 0.1) is 0 Å². The van der Waals surface area contributed by atoms with Crippen LogP contribution in [-0.4, -0.2) is 5.14 Å². The average molecular weight is 365 g/mol. The van der Waals surface area contributed by atoms with E-state index in [1.54, 1.807) is 0 Å². The fraction of sp³-hybridized carbons (Fsp3) is 1.00. The monoisotopic (exact) mass is 365 g/mol. The van der Waals surface area contributed by atoms with E-state index in [0.717, 1.165) is 6.42 Å². The van der Waals surface area contributed by atoms with Gasteiger partial charge in [0.2, 0.25) is 0 Å². The first-order chi connectivity index (χ1) is 5.41. The summed E-state index contributed by atoms with van der Waals surface area (Å²) in [5.74, 6) is 0. The number of unbranched alkanes of at least 4 members (excludes halogenated alkanes) is 4. The molecule has 0 spiro atoms. The van der Waals surface area contributed by atoms with Crippen LogP contribution in [0.25, 0.3) is 0 Å². The minimum atomic E-state index is 0.393. The fourth-order valence-corrected chi connectivity index (χ4v) is 3.05. The molecule has 0 aromatic carbocycles. The molecule has 0 aromatic heterocycles. The third-order valence-corrected chi connectivity index (χ3v) is 4.56. The zero-order valence-corrected chi connectivity index (χ0v) is 10.6. The van der Waals surface area contributed by atoms with Crippen molar-refractivity contribution in [2.75, 3.05) is 0 Å². The average Bonchev–Trinajstić information content (AvgIpc) is 2.03. The SMILES string of the molecule is [2H]CCCCCCC[B][I-]I.